The van der Waals surface area contributed by atoms with Crippen LogP contribution in [-0.2, 0) is 5.41 Å². The Morgan fingerprint density at radius 3 is 2.28 bits per heavy atom. The van der Waals surface area contributed by atoms with Crippen molar-refractivity contribution in [3.63, 3.8) is 0 Å². The Labute approximate surface area is 117 Å². The molecular formula is C14H16N2S2. The van der Waals surface area contributed by atoms with E-state index in [4.69, 9.17) is 22.9 Å². The lowest BCUT2D eigenvalue weighted by molar-refractivity contribution is 0.572. The predicted molar refractivity (Wildman–Crippen MR) is 82.1 cm³/mol. The van der Waals surface area contributed by atoms with Gasteiger partial charge in [0.25, 0.3) is 0 Å². The second-order valence-corrected chi connectivity index (χ2v) is 6.62. The zero-order valence-electron chi connectivity index (χ0n) is 10.7. The number of thiocarbonyl (C=S) groups is 1. The van der Waals surface area contributed by atoms with Gasteiger partial charge in [0.1, 0.15) is 10.00 Å². The van der Waals surface area contributed by atoms with Gasteiger partial charge in [0.15, 0.2) is 0 Å². The molecule has 0 amide bonds. The minimum absolute atomic E-state index is 0.0533. The molecule has 1 heterocycles. The first-order chi connectivity index (χ1) is 8.39. The number of aromatic nitrogens is 1. The van der Waals surface area contributed by atoms with Crippen molar-refractivity contribution in [1.29, 1.82) is 0 Å². The van der Waals surface area contributed by atoms with E-state index in [1.54, 1.807) is 11.3 Å². The molecule has 2 nitrogen and oxygen atoms in total. The number of hydrogen-bond acceptors (Lipinski definition) is 3. The first-order valence-electron chi connectivity index (χ1n) is 5.76. The summed E-state index contributed by atoms with van der Waals surface area (Å²) in [5.74, 6) is 0. The van der Waals surface area contributed by atoms with E-state index < -0.39 is 0 Å². The van der Waals surface area contributed by atoms with Gasteiger partial charge in [-0.05, 0) is 0 Å². The molecule has 0 bridgehead atoms. The Hall–Kier alpha value is -1.26. The van der Waals surface area contributed by atoms with Crippen LogP contribution in [-0.4, -0.2) is 9.97 Å². The van der Waals surface area contributed by atoms with E-state index in [1.165, 1.54) is 0 Å². The van der Waals surface area contributed by atoms with Crippen molar-refractivity contribution in [2.45, 2.75) is 26.2 Å². The second kappa shape index (κ2) is 4.78. The van der Waals surface area contributed by atoms with Crippen LogP contribution in [0, 0.1) is 0 Å². The molecule has 0 saturated carbocycles. The van der Waals surface area contributed by atoms with Crippen LogP contribution in [0.1, 0.15) is 31.3 Å². The van der Waals surface area contributed by atoms with Crippen molar-refractivity contribution < 1.29 is 0 Å². The van der Waals surface area contributed by atoms with Crippen molar-refractivity contribution in [2.24, 2.45) is 5.73 Å². The molecule has 1 aromatic heterocycles. The number of nitrogens with zero attached hydrogens (tertiary/aromatic N) is 1. The number of benzene rings is 1. The van der Waals surface area contributed by atoms with Crippen LogP contribution >= 0.6 is 23.6 Å². The summed E-state index contributed by atoms with van der Waals surface area (Å²) in [6.07, 6.45) is 0. The van der Waals surface area contributed by atoms with Crippen molar-refractivity contribution in [3.05, 3.63) is 40.9 Å². The van der Waals surface area contributed by atoms with E-state index in [0.29, 0.717) is 4.99 Å². The monoisotopic (exact) mass is 276 g/mol. The molecule has 0 aliphatic heterocycles. The van der Waals surface area contributed by atoms with E-state index >= 15 is 0 Å². The number of rotatable bonds is 2. The average molecular weight is 276 g/mol. The first-order valence-corrected chi connectivity index (χ1v) is 6.98. The van der Waals surface area contributed by atoms with Crippen LogP contribution in [0.25, 0.3) is 10.6 Å². The van der Waals surface area contributed by atoms with Crippen molar-refractivity contribution in [2.75, 3.05) is 0 Å². The fraction of sp³-hybridized carbons (Fsp3) is 0.286. The normalized spacial score (nSPS) is 11.5. The molecule has 2 rings (SSSR count). The molecule has 0 unspecified atom stereocenters. The lowest BCUT2D eigenvalue weighted by atomic mass is 9.91. The van der Waals surface area contributed by atoms with Gasteiger partial charge in [-0.25, -0.2) is 4.98 Å². The zero-order chi connectivity index (χ0) is 13.3. The van der Waals surface area contributed by atoms with Gasteiger partial charge in [-0.3, -0.25) is 0 Å². The topological polar surface area (TPSA) is 38.9 Å². The highest BCUT2D eigenvalue weighted by atomic mass is 32.1. The van der Waals surface area contributed by atoms with Crippen molar-refractivity contribution >= 4 is 28.5 Å². The third-order valence-electron chi connectivity index (χ3n) is 2.58. The largest absolute Gasteiger partial charge is 0.389 e. The van der Waals surface area contributed by atoms with Crippen LogP contribution in [0.2, 0.25) is 0 Å². The van der Waals surface area contributed by atoms with Gasteiger partial charge in [-0.1, -0.05) is 63.3 Å². The van der Waals surface area contributed by atoms with E-state index in [1.807, 2.05) is 18.2 Å². The highest BCUT2D eigenvalue weighted by Gasteiger charge is 2.24. The van der Waals surface area contributed by atoms with Gasteiger partial charge in [0.2, 0.25) is 0 Å². The third kappa shape index (κ3) is 2.60. The fourth-order valence-corrected chi connectivity index (χ4v) is 3.05. The van der Waals surface area contributed by atoms with Crippen LogP contribution in [0.15, 0.2) is 30.3 Å². The van der Waals surface area contributed by atoms with Crippen LogP contribution < -0.4 is 5.73 Å². The van der Waals surface area contributed by atoms with Gasteiger partial charge in [-0.15, -0.1) is 11.3 Å². The summed E-state index contributed by atoms with van der Waals surface area (Å²) in [5.41, 5.74) is 7.84. The Bertz CT molecular complexity index is 565. The lowest BCUT2D eigenvalue weighted by Crippen LogP contribution is -2.19. The zero-order valence-corrected chi connectivity index (χ0v) is 12.4. The predicted octanol–water partition coefficient (Wildman–Crippen LogP) is 3.74. The van der Waals surface area contributed by atoms with Crippen LogP contribution in [0.5, 0.6) is 0 Å². The first kappa shape index (κ1) is 13.2. The molecule has 4 heteroatoms. The number of nitrogens with two attached hydrogens (primary N) is 1. The summed E-state index contributed by atoms with van der Waals surface area (Å²) in [4.78, 5) is 6.08. The Morgan fingerprint density at radius 2 is 1.83 bits per heavy atom. The molecule has 0 radical (unpaired) electrons. The van der Waals surface area contributed by atoms with Gasteiger partial charge in [0, 0.05) is 11.0 Å². The molecule has 0 fully saturated rings. The second-order valence-electron chi connectivity index (χ2n) is 5.18. The minimum Gasteiger partial charge on any atom is -0.389 e. The number of hydrogen-bond donors (Lipinski definition) is 1. The summed E-state index contributed by atoms with van der Waals surface area (Å²) >= 11 is 6.70. The molecule has 0 saturated heterocycles. The summed E-state index contributed by atoms with van der Waals surface area (Å²) in [6, 6.07) is 10.1. The van der Waals surface area contributed by atoms with Crippen molar-refractivity contribution in [1.82, 2.24) is 4.98 Å². The van der Waals surface area contributed by atoms with Crippen LogP contribution in [0.3, 0.4) is 0 Å². The molecular weight excluding hydrogens is 260 g/mol. The Morgan fingerprint density at radius 1 is 1.22 bits per heavy atom. The van der Waals surface area contributed by atoms with Gasteiger partial charge in [-0.2, -0.15) is 0 Å². The van der Waals surface area contributed by atoms with Crippen LogP contribution in [0.4, 0.5) is 0 Å². The SMILES string of the molecule is CC(C)(C)c1nc(-c2ccccc2)sc1C(N)=S. The van der Waals surface area contributed by atoms with Crippen molar-refractivity contribution in [3.8, 4) is 10.6 Å². The summed E-state index contributed by atoms with van der Waals surface area (Å²) in [5, 5.41) is 0.975. The van der Waals surface area contributed by atoms with E-state index in [2.05, 4.69) is 32.9 Å². The highest BCUT2D eigenvalue weighted by molar-refractivity contribution is 7.81. The van der Waals surface area contributed by atoms with Gasteiger partial charge in [0.05, 0.1) is 10.6 Å². The summed E-state index contributed by atoms with van der Waals surface area (Å²) in [6.45, 7) is 6.37. The molecule has 18 heavy (non-hydrogen) atoms. The molecule has 2 aromatic rings. The third-order valence-corrected chi connectivity index (χ3v) is 4.05. The standard InChI is InChI=1S/C14H16N2S2/c1-14(2,3)11-10(12(15)17)18-13(16-11)9-7-5-4-6-8-9/h4-8H,1-3H3,(H2,15,17). The van der Waals surface area contributed by atoms with E-state index in [0.717, 1.165) is 21.1 Å². The Kier molecular flexibility index (Phi) is 3.50. The smallest absolute Gasteiger partial charge is 0.124 e. The molecule has 1 aromatic carbocycles. The van der Waals surface area contributed by atoms with E-state index in [9.17, 15) is 0 Å². The maximum atomic E-state index is 5.80. The summed E-state index contributed by atoms with van der Waals surface area (Å²) < 4.78 is 0. The molecule has 94 valence electrons. The molecule has 2 N–H and O–H groups in total. The lowest BCUT2D eigenvalue weighted by Gasteiger charge is -2.16. The average Bonchev–Trinajstić information content (AvgIpc) is 2.74. The molecule has 0 atom stereocenters. The van der Waals surface area contributed by atoms with E-state index in [-0.39, 0.29) is 5.41 Å². The maximum Gasteiger partial charge on any atom is 0.124 e. The number of thiazole rings is 1. The minimum atomic E-state index is -0.0533. The molecule has 0 spiro atoms. The molecule has 0 aliphatic rings. The highest BCUT2D eigenvalue weighted by Crippen LogP contribution is 2.34. The van der Waals surface area contributed by atoms with Gasteiger partial charge < -0.3 is 5.73 Å². The Balaban J connectivity index is 2.57. The fourth-order valence-electron chi connectivity index (χ4n) is 1.70. The summed E-state index contributed by atoms with van der Waals surface area (Å²) in [7, 11) is 0. The maximum absolute atomic E-state index is 5.80. The molecule has 0 aliphatic carbocycles. The quantitative estimate of drug-likeness (QED) is 0.849. The van der Waals surface area contributed by atoms with Gasteiger partial charge >= 0.3 is 0 Å².